The molecule has 0 aliphatic carbocycles. The summed E-state index contributed by atoms with van der Waals surface area (Å²) in [6.45, 7) is 7.20. The molecule has 0 unspecified atom stereocenters. The Morgan fingerprint density at radius 1 is 1.29 bits per heavy atom. The van der Waals surface area contributed by atoms with E-state index in [0.717, 1.165) is 12.1 Å². The van der Waals surface area contributed by atoms with Gasteiger partial charge in [-0.3, -0.25) is 4.79 Å². The van der Waals surface area contributed by atoms with E-state index in [2.05, 4.69) is 52.0 Å². The molecule has 0 aliphatic heterocycles. The maximum absolute atomic E-state index is 11.1. The number of carbonyl (C=O) groups excluding carboxylic acids is 1. The fourth-order valence-corrected chi connectivity index (χ4v) is 2.81. The molecule has 0 saturated heterocycles. The molecule has 0 spiro atoms. The number of benzene rings is 1. The SMILES string of the molecule is CC(C)(C)Cn1nnc2c(Br)c(Oc3ncccc3C=O)ccc21. The van der Waals surface area contributed by atoms with Crippen molar-refractivity contribution in [2.75, 3.05) is 0 Å². The number of rotatable bonds is 4. The minimum absolute atomic E-state index is 0.0924. The Hall–Kier alpha value is -2.28. The van der Waals surface area contributed by atoms with E-state index < -0.39 is 0 Å². The number of carbonyl (C=O) groups is 1. The third-order valence-corrected chi connectivity index (χ3v) is 4.11. The number of fused-ring (bicyclic) bond motifs is 1. The Morgan fingerprint density at radius 2 is 2.08 bits per heavy atom. The van der Waals surface area contributed by atoms with Crippen LogP contribution in [0.25, 0.3) is 11.0 Å². The maximum Gasteiger partial charge on any atom is 0.229 e. The highest BCUT2D eigenvalue weighted by molar-refractivity contribution is 9.10. The molecule has 1 aromatic carbocycles. The van der Waals surface area contributed by atoms with Crippen molar-refractivity contribution in [3.63, 3.8) is 0 Å². The van der Waals surface area contributed by atoms with Gasteiger partial charge in [-0.15, -0.1) is 5.10 Å². The van der Waals surface area contributed by atoms with Gasteiger partial charge in [-0.1, -0.05) is 26.0 Å². The second kappa shape index (κ2) is 6.32. The van der Waals surface area contributed by atoms with Crippen molar-refractivity contribution in [3.8, 4) is 11.6 Å². The standard InChI is InChI=1S/C17H17BrN4O2/c1-17(2,3)10-22-12-6-7-13(14(18)15(12)20-21-22)24-16-11(9-23)5-4-8-19-16/h4-9H,10H2,1-3H3. The molecule has 2 heterocycles. The molecular formula is C17H17BrN4O2. The van der Waals surface area contributed by atoms with Crippen LogP contribution in [0.4, 0.5) is 0 Å². The summed E-state index contributed by atoms with van der Waals surface area (Å²) in [4.78, 5) is 15.2. The quantitative estimate of drug-likeness (QED) is 0.625. The van der Waals surface area contributed by atoms with E-state index in [9.17, 15) is 4.79 Å². The highest BCUT2D eigenvalue weighted by atomic mass is 79.9. The van der Waals surface area contributed by atoms with E-state index in [0.29, 0.717) is 27.6 Å². The normalized spacial score (nSPS) is 11.7. The van der Waals surface area contributed by atoms with E-state index in [1.54, 1.807) is 18.3 Å². The first kappa shape index (κ1) is 16.6. The number of halogens is 1. The van der Waals surface area contributed by atoms with E-state index in [1.165, 1.54) is 0 Å². The third kappa shape index (κ3) is 3.31. The molecule has 0 N–H and O–H groups in total. The van der Waals surface area contributed by atoms with Crippen LogP contribution < -0.4 is 4.74 Å². The van der Waals surface area contributed by atoms with E-state index >= 15 is 0 Å². The van der Waals surface area contributed by atoms with Gasteiger partial charge < -0.3 is 4.74 Å². The first-order chi connectivity index (χ1) is 11.4. The Kier molecular flexibility index (Phi) is 4.36. The van der Waals surface area contributed by atoms with E-state index in [4.69, 9.17) is 4.74 Å². The smallest absolute Gasteiger partial charge is 0.229 e. The largest absolute Gasteiger partial charge is 0.437 e. The Labute approximate surface area is 148 Å². The average Bonchev–Trinajstić information content (AvgIpc) is 2.92. The number of aldehydes is 1. The fourth-order valence-electron chi connectivity index (χ4n) is 2.31. The second-order valence-corrected chi connectivity index (χ2v) is 7.46. The van der Waals surface area contributed by atoms with Gasteiger partial charge in [-0.25, -0.2) is 9.67 Å². The lowest BCUT2D eigenvalue weighted by atomic mass is 9.97. The number of hydrogen-bond donors (Lipinski definition) is 0. The van der Waals surface area contributed by atoms with Crippen LogP contribution in [0.2, 0.25) is 0 Å². The molecule has 7 heteroatoms. The van der Waals surface area contributed by atoms with Crippen molar-refractivity contribution in [2.45, 2.75) is 27.3 Å². The number of aromatic nitrogens is 4. The molecule has 124 valence electrons. The molecule has 0 saturated carbocycles. The zero-order chi connectivity index (χ0) is 17.3. The predicted octanol–water partition coefficient (Wildman–Crippen LogP) is 4.24. The van der Waals surface area contributed by atoms with Crippen molar-refractivity contribution in [3.05, 3.63) is 40.5 Å². The maximum atomic E-state index is 11.1. The molecule has 24 heavy (non-hydrogen) atoms. The van der Waals surface area contributed by atoms with Gasteiger partial charge in [0.25, 0.3) is 0 Å². The summed E-state index contributed by atoms with van der Waals surface area (Å²) in [5.74, 6) is 0.793. The van der Waals surface area contributed by atoms with Gasteiger partial charge in [-0.05, 0) is 45.6 Å². The Bertz CT molecular complexity index is 899. The number of hydrogen-bond acceptors (Lipinski definition) is 5. The monoisotopic (exact) mass is 388 g/mol. The van der Waals surface area contributed by atoms with Crippen molar-refractivity contribution in [1.82, 2.24) is 20.0 Å². The summed E-state index contributed by atoms with van der Waals surface area (Å²) in [7, 11) is 0. The van der Waals surface area contributed by atoms with Crippen molar-refractivity contribution >= 4 is 33.2 Å². The predicted molar refractivity (Wildman–Crippen MR) is 94.4 cm³/mol. The second-order valence-electron chi connectivity index (χ2n) is 6.67. The molecule has 3 rings (SSSR count). The van der Waals surface area contributed by atoms with Crippen molar-refractivity contribution < 1.29 is 9.53 Å². The van der Waals surface area contributed by atoms with Gasteiger partial charge in [0, 0.05) is 12.7 Å². The lowest BCUT2D eigenvalue weighted by molar-refractivity contribution is 0.112. The zero-order valence-electron chi connectivity index (χ0n) is 13.7. The first-order valence-electron chi connectivity index (χ1n) is 7.49. The van der Waals surface area contributed by atoms with Crippen LogP contribution in [0.15, 0.2) is 34.9 Å². The van der Waals surface area contributed by atoms with Gasteiger partial charge in [0.1, 0.15) is 11.3 Å². The summed E-state index contributed by atoms with van der Waals surface area (Å²) in [6, 6.07) is 7.07. The molecule has 3 aromatic rings. The van der Waals surface area contributed by atoms with Gasteiger partial charge >= 0.3 is 0 Å². The first-order valence-corrected chi connectivity index (χ1v) is 8.28. The molecule has 0 radical (unpaired) electrons. The third-order valence-electron chi connectivity index (χ3n) is 3.35. The summed E-state index contributed by atoms with van der Waals surface area (Å²) >= 11 is 3.52. The minimum Gasteiger partial charge on any atom is -0.437 e. The molecule has 0 atom stereocenters. The highest BCUT2D eigenvalue weighted by Crippen LogP contribution is 2.35. The summed E-state index contributed by atoms with van der Waals surface area (Å²) < 4.78 is 8.34. The van der Waals surface area contributed by atoms with Crippen LogP contribution in [-0.4, -0.2) is 26.3 Å². The minimum atomic E-state index is 0.0924. The molecule has 0 fully saturated rings. The van der Waals surface area contributed by atoms with Crippen LogP contribution in [-0.2, 0) is 6.54 Å². The summed E-state index contributed by atoms with van der Waals surface area (Å²) in [5, 5.41) is 8.48. The van der Waals surface area contributed by atoms with E-state index in [-0.39, 0.29) is 11.3 Å². The fraction of sp³-hybridized carbons (Fsp3) is 0.294. The number of ether oxygens (including phenoxy) is 1. The van der Waals surface area contributed by atoms with Crippen LogP contribution in [0, 0.1) is 5.41 Å². The lowest BCUT2D eigenvalue weighted by Gasteiger charge is -2.18. The Balaban J connectivity index is 1.99. The van der Waals surface area contributed by atoms with Crippen LogP contribution in [0.3, 0.4) is 0 Å². The topological polar surface area (TPSA) is 69.9 Å². The molecule has 6 nitrogen and oxygen atoms in total. The molecular weight excluding hydrogens is 372 g/mol. The van der Waals surface area contributed by atoms with Crippen molar-refractivity contribution in [2.24, 2.45) is 5.41 Å². The summed E-state index contributed by atoms with van der Waals surface area (Å²) in [5.41, 5.74) is 2.11. The van der Waals surface area contributed by atoms with Crippen LogP contribution >= 0.6 is 15.9 Å². The lowest BCUT2D eigenvalue weighted by Crippen LogP contribution is -2.16. The number of nitrogens with zero attached hydrogens (tertiary/aromatic N) is 4. The molecule has 0 bridgehead atoms. The summed E-state index contributed by atoms with van der Waals surface area (Å²) in [6.07, 6.45) is 2.29. The molecule has 0 amide bonds. The van der Waals surface area contributed by atoms with Crippen molar-refractivity contribution in [1.29, 1.82) is 0 Å². The van der Waals surface area contributed by atoms with Gasteiger partial charge in [0.2, 0.25) is 5.88 Å². The number of pyridine rings is 1. The Morgan fingerprint density at radius 3 is 2.79 bits per heavy atom. The average molecular weight is 389 g/mol. The van der Waals surface area contributed by atoms with Crippen LogP contribution in [0.1, 0.15) is 31.1 Å². The molecule has 2 aromatic heterocycles. The van der Waals surface area contributed by atoms with Crippen LogP contribution in [0.5, 0.6) is 11.6 Å². The van der Waals surface area contributed by atoms with Gasteiger partial charge in [0.05, 0.1) is 15.6 Å². The highest BCUT2D eigenvalue weighted by Gasteiger charge is 2.18. The van der Waals surface area contributed by atoms with Gasteiger partial charge in [0.15, 0.2) is 6.29 Å². The zero-order valence-corrected chi connectivity index (χ0v) is 15.2. The van der Waals surface area contributed by atoms with E-state index in [1.807, 2.05) is 16.8 Å². The molecule has 0 aliphatic rings. The van der Waals surface area contributed by atoms with Gasteiger partial charge in [-0.2, -0.15) is 0 Å².